The first-order valence-electron chi connectivity index (χ1n) is 6.34. The first-order chi connectivity index (χ1) is 10.0. The van der Waals surface area contributed by atoms with E-state index in [1.807, 2.05) is 6.92 Å². The van der Waals surface area contributed by atoms with Gasteiger partial charge in [0.25, 0.3) is 0 Å². The molecule has 0 unspecified atom stereocenters. The lowest BCUT2D eigenvalue weighted by Crippen LogP contribution is -2.14. The van der Waals surface area contributed by atoms with Crippen molar-refractivity contribution in [1.82, 2.24) is 9.78 Å². The summed E-state index contributed by atoms with van der Waals surface area (Å²) in [6.07, 6.45) is 2.31. The summed E-state index contributed by atoms with van der Waals surface area (Å²) in [5.41, 5.74) is 0.401. The van der Waals surface area contributed by atoms with Gasteiger partial charge >= 0.3 is 6.61 Å². The Morgan fingerprint density at radius 3 is 2.81 bits per heavy atom. The van der Waals surface area contributed by atoms with Gasteiger partial charge in [-0.05, 0) is 34.5 Å². The highest BCUT2D eigenvalue weighted by atomic mass is 79.9. The van der Waals surface area contributed by atoms with Crippen LogP contribution < -0.4 is 4.74 Å². The minimum atomic E-state index is -2.98. The largest absolute Gasteiger partial charge is 0.434 e. The molecule has 112 valence electrons. The van der Waals surface area contributed by atoms with Crippen molar-refractivity contribution in [3.63, 3.8) is 0 Å². The average Bonchev–Trinajstić information content (AvgIpc) is 2.79. The lowest BCUT2D eigenvalue weighted by molar-refractivity contribution is -0.0501. The summed E-state index contributed by atoms with van der Waals surface area (Å²) < 4.78 is 31.3. The molecule has 0 spiro atoms. The Labute approximate surface area is 128 Å². The quantitative estimate of drug-likeness (QED) is 0.735. The van der Waals surface area contributed by atoms with Gasteiger partial charge in [0.15, 0.2) is 0 Å². The fourth-order valence-corrected chi connectivity index (χ4v) is 2.43. The Bertz CT molecular complexity index is 644. The smallest absolute Gasteiger partial charge is 0.387 e. The first-order valence-corrected chi connectivity index (χ1v) is 7.13. The number of ketones is 1. The summed E-state index contributed by atoms with van der Waals surface area (Å²) in [5, 5.41) is 4.10. The maximum Gasteiger partial charge on any atom is 0.387 e. The molecule has 2 aromatic rings. The van der Waals surface area contributed by atoms with Crippen LogP contribution in [0.25, 0.3) is 0 Å². The van der Waals surface area contributed by atoms with Gasteiger partial charge in [-0.3, -0.25) is 9.48 Å². The number of para-hydroxylation sites is 1. The topological polar surface area (TPSA) is 44.1 Å². The average molecular weight is 359 g/mol. The predicted octanol–water partition coefficient (Wildman–Crippen LogP) is 3.89. The summed E-state index contributed by atoms with van der Waals surface area (Å²) in [7, 11) is 0. The number of aromatic nitrogens is 2. The zero-order valence-electron chi connectivity index (χ0n) is 11.2. The lowest BCUT2D eigenvalue weighted by atomic mass is 10.1. The van der Waals surface area contributed by atoms with Gasteiger partial charge in [0.1, 0.15) is 11.4 Å². The van der Waals surface area contributed by atoms with E-state index in [-0.39, 0.29) is 11.3 Å². The third kappa shape index (κ3) is 3.47. The minimum Gasteiger partial charge on any atom is -0.434 e. The molecule has 1 heterocycles. The van der Waals surface area contributed by atoms with Gasteiger partial charge in [-0.15, -0.1) is 0 Å². The van der Waals surface area contributed by atoms with Gasteiger partial charge in [-0.2, -0.15) is 13.9 Å². The number of halogens is 3. The molecule has 0 aliphatic rings. The summed E-state index contributed by atoms with van der Waals surface area (Å²) in [5.74, 6) is -0.558. The van der Waals surface area contributed by atoms with Gasteiger partial charge in [-0.1, -0.05) is 19.1 Å². The number of nitrogens with zero attached hydrogens (tertiary/aromatic N) is 2. The van der Waals surface area contributed by atoms with Crippen LogP contribution in [0.5, 0.6) is 5.75 Å². The van der Waals surface area contributed by atoms with E-state index in [0.717, 1.165) is 6.42 Å². The fourth-order valence-electron chi connectivity index (χ4n) is 1.95. The number of ether oxygens (including phenoxy) is 1. The maximum atomic E-state index is 12.6. The molecule has 0 amide bonds. The monoisotopic (exact) mass is 358 g/mol. The Morgan fingerprint density at radius 2 is 2.14 bits per heavy atom. The van der Waals surface area contributed by atoms with Crippen molar-refractivity contribution in [2.45, 2.75) is 26.5 Å². The number of rotatable bonds is 6. The third-order valence-electron chi connectivity index (χ3n) is 2.79. The van der Waals surface area contributed by atoms with Crippen LogP contribution in [0.1, 0.15) is 29.4 Å². The third-order valence-corrected chi connectivity index (χ3v) is 3.37. The molecule has 0 atom stereocenters. The van der Waals surface area contributed by atoms with Gasteiger partial charge in [0, 0.05) is 6.54 Å². The highest BCUT2D eigenvalue weighted by Gasteiger charge is 2.22. The minimum absolute atomic E-state index is 0.0800. The van der Waals surface area contributed by atoms with Crippen LogP contribution in [0, 0.1) is 0 Å². The van der Waals surface area contributed by atoms with Gasteiger partial charge in [0.2, 0.25) is 5.78 Å². The number of hydrogen-bond donors (Lipinski definition) is 0. The SMILES string of the molecule is CCCn1ncc(Br)c1C(=O)c1ccccc1OC(F)F. The van der Waals surface area contributed by atoms with Crippen molar-refractivity contribution in [2.75, 3.05) is 0 Å². The predicted molar refractivity (Wildman–Crippen MR) is 76.7 cm³/mol. The molecule has 0 saturated heterocycles. The van der Waals surface area contributed by atoms with Gasteiger partial charge < -0.3 is 4.74 Å². The molecular weight excluding hydrogens is 346 g/mol. The zero-order chi connectivity index (χ0) is 15.4. The maximum absolute atomic E-state index is 12.6. The molecule has 0 fully saturated rings. The highest BCUT2D eigenvalue weighted by molar-refractivity contribution is 9.10. The number of carbonyl (C=O) groups is 1. The van der Waals surface area contributed by atoms with E-state index in [2.05, 4.69) is 25.8 Å². The zero-order valence-corrected chi connectivity index (χ0v) is 12.8. The normalized spacial score (nSPS) is 10.9. The van der Waals surface area contributed by atoms with Crippen molar-refractivity contribution in [3.8, 4) is 5.75 Å². The Morgan fingerprint density at radius 1 is 1.43 bits per heavy atom. The summed E-state index contributed by atoms with van der Waals surface area (Å²) >= 11 is 3.27. The van der Waals surface area contributed by atoms with Crippen LogP contribution in [0.2, 0.25) is 0 Å². The van der Waals surface area contributed by atoms with Crippen molar-refractivity contribution < 1.29 is 18.3 Å². The molecule has 1 aromatic carbocycles. The van der Waals surface area contributed by atoms with E-state index in [4.69, 9.17) is 0 Å². The second-order valence-corrected chi connectivity index (χ2v) is 5.12. The molecule has 0 aliphatic heterocycles. The van der Waals surface area contributed by atoms with E-state index in [1.54, 1.807) is 10.7 Å². The molecule has 7 heteroatoms. The number of aryl methyl sites for hydroxylation is 1. The number of carbonyl (C=O) groups excluding carboxylic acids is 1. The molecule has 0 radical (unpaired) electrons. The molecule has 4 nitrogen and oxygen atoms in total. The van der Waals surface area contributed by atoms with Gasteiger partial charge in [0.05, 0.1) is 16.2 Å². The van der Waals surface area contributed by atoms with Crippen LogP contribution >= 0.6 is 15.9 Å². The molecule has 0 N–H and O–H groups in total. The second kappa shape index (κ2) is 6.80. The molecule has 0 saturated carbocycles. The number of alkyl halides is 2. The second-order valence-electron chi connectivity index (χ2n) is 4.27. The summed E-state index contributed by atoms with van der Waals surface area (Å²) in [6.45, 7) is -0.467. The standard InChI is InChI=1S/C14H13BrF2N2O2/c1-2-7-19-12(10(15)8-18-19)13(20)9-5-3-4-6-11(9)21-14(16)17/h3-6,8,14H,2,7H2,1H3. The highest BCUT2D eigenvalue weighted by Crippen LogP contribution is 2.26. The Balaban J connectivity index is 2.43. The lowest BCUT2D eigenvalue weighted by Gasteiger charge is -2.11. The molecule has 0 bridgehead atoms. The van der Waals surface area contributed by atoms with E-state index in [9.17, 15) is 13.6 Å². The van der Waals surface area contributed by atoms with Crippen LogP contribution in [-0.2, 0) is 6.54 Å². The Kier molecular flexibility index (Phi) is 5.06. The van der Waals surface area contributed by atoms with Crippen LogP contribution in [0.4, 0.5) is 8.78 Å². The van der Waals surface area contributed by atoms with Crippen molar-refractivity contribution in [1.29, 1.82) is 0 Å². The number of hydrogen-bond acceptors (Lipinski definition) is 3. The van der Waals surface area contributed by atoms with Crippen molar-refractivity contribution in [2.24, 2.45) is 0 Å². The van der Waals surface area contributed by atoms with E-state index in [1.165, 1.54) is 24.4 Å². The summed E-state index contributed by atoms with van der Waals surface area (Å²) in [4.78, 5) is 12.6. The molecular formula is C14H13BrF2N2O2. The van der Waals surface area contributed by atoms with E-state index < -0.39 is 12.4 Å². The van der Waals surface area contributed by atoms with Gasteiger partial charge in [-0.25, -0.2) is 0 Å². The van der Waals surface area contributed by atoms with Crippen molar-refractivity contribution >= 4 is 21.7 Å². The molecule has 0 aliphatic carbocycles. The van der Waals surface area contributed by atoms with Crippen LogP contribution in [-0.4, -0.2) is 22.2 Å². The van der Waals surface area contributed by atoms with E-state index >= 15 is 0 Å². The molecule has 21 heavy (non-hydrogen) atoms. The van der Waals surface area contributed by atoms with Crippen molar-refractivity contribution in [3.05, 3.63) is 46.2 Å². The molecule has 1 aromatic heterocycles. The van der Waals surface area contributed by atoms with Crippen LogP contribution in [0.15, 0.2) is 34.9 Å². The fraction of sp³-hybridized carbons (Fsp3) is 0.286. The number of benzene rings is 1. The summed E-state index contributed by atoms with van der Waals surface area (Å²) in [6, 6.07) is 5.93. The first kappa shape index (κ1) is 15.6. The molecule has 2 rings (SSSR count). The van der Waals surface area contributed by atoms with E-state index in [0.29, 0.717) is 16.7 Å². The van der Waals surface area contributed by atoms with Crippen LogP contribution in [0.3, 0.4) is 0 Å². The Hall–Kier alpha value is -1.76.